The molecule has 0 spiro atoms. The van der Waals surface area contributed by atoms with Gasteiger partial charge in [0.25, 0.3) is 0 Å². The van der Waals surface area contributed by atoms with Crippen molar-refractivity contribution in [2.24, 2.45) is 5.84 Å². The van der Waals surface area contributed by atoms with Crippen molar-refractivity contribution in [2.45, 2.75) is 49.5 Å². The Hall–Kier alpha value is -1.18. The van der Waals surface area contributed by atoms with Crippen LogP contribution >= 0.6 is 0 Å². The fourth-order valence-corrected chi connectivity index (χ4v) is 4.11. The van der Waals surface area contributed by atoms with Gasteiger partial charge in [-0.05, 0) is 25.8 Å². The molecule has 0 aromatic carbocycles. The molecular formula is C12H20N4O2S. The molecule has 1 saturated carbocycles. The molecule has 1 aromatic rings. The minimum Gasteiger partial charge on any atom is -0.323 e. The number of nitrogens with zero attached hydrogens (tertiary/aromatic N) is 1. The van der Waals surface area contributed by atoms with Gasteiger partial charge >= 0.3 is 0 Å². The van der Waals surface area contributed by atoms with E-state index < -0.39 is 10.0 Å². The molecule has 19 heavy (non-hydrogen) atoms. The zero-order valence-corrected chi connectivity index (χ0v) is 11.8. The van der Waals surface area contributed by atoms with Crippen LogP contribution in [-0.4, -0.2) is 18.9 Å². The van der Waals surface area contributed by atoms with Gasteiger partial charge in [0.05, 0.1) is 5.69 Å². The molecule has 1 heterocycles. The van der Waals surface area contributed by atoms with Gasteiger partial charge in [0.1, 0.15) is 4.90 Å². The highest BCUT2D eigenvalue weighted by molar-refractivity contribution is 7.89. The Kier molecular flexibility index (Phi) is 4.07. The largest absolute Gasteiger partial charge is 0.323 e. The van der Waals surface area contributed by atoms with Crippen LogP contribution in [-0.2, 0) is 10.0 Å². The topological polar surface area (TPSA) is 97.1 Å². The van der Waals surface area contributed by atoms with Gasteiger partial charge in [-0.2, -0.15) is 0 Å². The number of nitrogens with two attached hydrogens (primary N) is 1. The molecular weight excluding hydrogens is 264 g/mol. The Bertz CT molecular complexity index is 538. The van der Waals surface area contributed by atoms with E-state index in [4.69, 9.17) is 5.84 Å². The summed E-state index contributed by atoms with van der Waals surface area (Å²) in [6, 6.07) is 1.54. The first-order chi connectivity index (χ1) is 8.97. The molecule has 6 nitrogen and oxygen atoms in total. The third-order valence-corrected chi connectivity index (χ3v) is 5.23. The minimum absolute atomic E-state index is 0.0873. The van der Waals surface area contributed by atoms with E-state index in [0.717, 1.165) is 25.7 Å². The second-order valence-corrected chi connectivity index (χ2v) is 6.89. The summed E-state index contributed by atoms with van der Waals surface area (Å²) in [4.78, 5) is 3.95. The van der Waals surface area contributed by atoms with Crippen molar-refractivity contribution in [1.82, 2.24) is 9.71 Å². The highest BCUT2D eigenvalue weighted by atomic mass is 32.2. The van der Waals surface area contributed by atoms with Crippen LogP contribution in [0.1, 0.15) is 39.0 Å². The van der Waals surface area contributed by atoms with Gasteiger partial charge in [0.15, 0.2) is 0 Å². The SMILES string of the molecule is CC1(NS(=O)(=O)c2cnccc2NN)CCCCC1. The van der Waals surface area contributed by atoms with Gasteiger partial charge in [0, 0.05) is 17.9 Å². The Morgan fingerprint density at radius 1 is 1.32 bits per heavy atom. The van der Waals surface area contributed by atoms with Crippen LogP contribution in [0, 0.1) is 0 Å². The van der Waals surface area contributed by atoms with E-state index in [-0.39, 0.29) is 10.4 Å². The van der Waals surface area contributed by atoms with Crippen molar-refractivity contribution in [3.63, 3.8) is 0 Å². The number of anilines is 1. The van der Waals surface area contributed by atoms with E-state index in [9.17, 15) is 8.42 Å². The molecule has 0 amide bonds. The summed E-state index contributed by atoms with van der Waals surface area (Å²) in [5.41, 5.74) is 2.37. The second kappa shape index (κ2) is 5.44. The Morgan fingerprint density at radius 2 is 2.00 bits per heavy atom. The standard InChI is InChI=1S/C12H20N4O2S/c1-12(6-3-2-4-7-12)16-19(17,18)11-9-14-8-5-10(11)15-13/h5,8-9,16H,2-4,6-7,13H2,1H3,(H,14,15). The smallest absolute Gasteiger partial charge is 0.244 e. The Balaban J connectivity index is 2.27. The summed E-state index contributed by atoms with van der Waals surface area (Å²) in [7, 11) is -3.62. The molecule has 0 unspecified atom stereocenters. The third kappa shape index (κ3) is 3.23. The van der Waals surface area contributed by atoms with Crippen molar-refractivity contribution >= 4 is 15.7 Å². The van der Waals surface area contributed by atoms with Crippen LogP contribution in [0.3, 0.4) is 0 Å². The number of sulfonamides is 1. The van der Waals surface area contributed by atoms with E-state index in [1.54, 1.807) is 0 Å². The Morgan fingerprint density at radius 3 is 2.63 bits per heavy atom. The lowest BCUT2D eigenvalue weighted by Gasteiger charge is -2.34. The van der Waals surface area contributed by atoms with Gasteiger partial charge in [-0.1, -0.05) is 19.3 Å². The quantitative estimate of drug-likeness (QED) is 0.573. The number of hydrogen-bond donors (Lipinski definition) is 3. The first kappa shape index (κ1) is 14.2. The van der Waals surface area contributed by atoms with Crippen LogP contribution in [0.25, 0.3) is 0 Å². The van der Waals surface area contributed by atoms with Crippen molar-refractivity contribution < 1.29 is 8.42 Å². The maximum atomic E-state index is 12.4. The molecule has 0 aliphatic heterocycles. The summed E-state index contributed by atoms with van der Waals surface area (Å²) in [5.74, 6) is 5.34. The average Bonchev–Trinajstić information content (AvgIpc) is 2.38. The lowest BCUT2D eigenvalue weighted by atomic mass is 9.84. The normalized spacial score (nSPS) is 19.1. The molecule has 106 valence electrons. The molecule has 0 radical (unpaired) electrons. The van der Waals surface area contributed by atoms with Gasteiger partial charge < -0.3 is 5.43 Å². The molecule has 1 aliphatic rings. The molecule has 2 rings (SSSR count). The van der Waals surface area contributed by atoms with Crippen molar-refractivity contribution in [3.8, 4) is 0 Å². The highest BCUT2D eigenvalue weighted by Gasteiger charge is 2.33. The fraction of sp³-hybridized carbons (Fsp3) is 0.583. The van der Waals surface area contributed by atoms with E-state index in [1.165, 1.54) is 24.9 Å². The van der Waals surface area contributed by atoms with Crippen molar-refractivity contribution in [3.05, 3.63) is 18.5 Å². The predicted octanol–water partition coefficient (Wildman–Crippen LogP) is 1.37. The number of aromatic nitrogens is 1. The number of nitrogens with one attached hydrogen (secondary N) is 2. The number of hydrogen-bond acceptors (Lipinski definition) is 5. The van der Waals surface area contributed by atoms with Crippen LogP contribution in [0.4, 0.5) is 5.69 Å². The van der Waals surface area contributed by atoms with Crippen molar-refractivity contribution in [2.75, 3.05) is 5.43 Å². The summed E-state index contributed by atoms with van der Waals surface area (Å²) >= 11 is 0. The molecule has 7 heteroatoms. The number of pyridine rings is 1. The van der Waals surface area contributed by atoms with Gasteiger partial charge in [-0.25, -0.2) is 13.1 Å². The fourth-order valence-electron chi connectivity index (χ4n) is 2.53. The number of hydrazine groups is 1. The molecule has 1 aromatic heterocycles. The van der Waals surface area contributed by atoms with Gasteiger partial charge in [-0.3, -0.25) is 10.8 Å². The summed E-state index contributed by atoms with van der Waals surface area (Å²) < 4.78 is 27.7. The first-order valence-corrected chi connectivity index (χ1v) is 7.90. The summed E-state index contributed by atoms with van der Waals surface area (Å²) in [6.45, 7) is 1.95. The first-order valence-electron chi connectivity index (χ1n) is 6.41. The van der Waals surface area contributed by atoms with Crippen LogP contribution in [0.5, 0.6) is 0 Å². The van der Waals surface area contributed by atoms with Crippen LogP contribution in [0.2, 0.25) is 0 Å². The maximum absolute atomic E-state index is 12.4. The lowest BCUT2D eigenvalue weighted by molar-refractivity contribution is 0.294. The van der Waals surface area contributed by atoms with Crippen LogP contribution in [0.15, 0.2) is 23.4 Å². The molecule has 0 atom stereocenters. The second-order valence-electron chi connectivity index (χ2n) is 5.24. The molecule has 4 N–H and O–H groups in total. The van der Waals surface area contributed by atoms with E-state index in [1.807, 2.05) is 6.92 Å². The highest BCUT2D eigenvalue weighted by Crippen LogP contribution is 2.30. The lowest BCUT2D eigenvalue weighted by Crippen LogP contribution is -2.47. The molecule has 1 aliphatic carbocycles. The molecule has 0 saturated heterocycles. The zero-order valence-electron chi connectivity index (χ0n) is 11.0. The maximum Gasteiger partial charge on any atom is 0.244 e. The average molecular weight is 284 g/mol. The van der Waals surface area contributed by atoms with Gasteiger partial charge in [-0.15, -0.1) is 0 Å². The minimum atomic E-state index is -3.62. The molecule has 1 fully saturated rings. The third-order valence-electron chi connectivity index (χ3n) is 3.57. The van der Waals surface area contributed by atoms with Crippen LogP contribution < -0.4 is 16.0 Å². The van der Waals surface area contributed by atoms with E-state index >= 15 is 0 Å². The molecule has 0 bridgehead atoms. The predicted molar refractivity (Wildman–Crippen MR) is 73.9 cm³/mol. The number of nitrogen functional groups attached to an aromatic ring is 1. The van der Waals surface area contributed by atoms with E-state index in [0.29, 0.717) is 5.69 Å². The van der Waals surface area contributed by atoms with Gasteiger partial charge in [0.2, 0.25) is 10.0 Å². The van der Waals surface area contributed by atoms with Crippen molar-refractivity contribution in [1.29, 1.82) is 0 Å². The zero-order chi connectivity index (χ0) is 13.9. The summed E-state index contributed by atoms with van der Waals surface area (Å²) in [5, 5.41) is 0. The monoisotopic (exact) mass is 284 g/mol. The Labute approximate surface area is 113 Å². The summed E-state index contributed by atoms with van der Waals surface area (Å²) in [6.07, 6.45) is 7.79. The number of rotatable bonds is 4. The van der Waals surface area contributed by atoms with E-state index in [2.05, 4.69) is 15.1 Å².